The molecular weight excluding hydrogens is 417 g/mol. The fourth-order valence-corrected chi connectivity index (χ4v) is 5.00. The largest absolute Gasteiger partial charge is 0.326 e. The number of piperazine rings is 1. The van der Waals surface area contributed by atoms with E-state index < -0.39 is 21.7 Å². The van der Waals surface area contributed by atoms with Crippen LogP contribution in [-0.4, -0.2) is 56.8 Å². The fraction of sp³-hybridized carbons (Fsp3) is 0.350. The van der Waals surface area contributed by atoms with Crippen LogP contribution < -0.4 is 5.32 Å². The molecule has 1 heterocycles. The maximum atomic E-state index is 13.9. The zero-order chi connectivity index (χ0) is 21.2. The summed E-state index contributed by atoms with van der Waals surface area (Å²) in [4.78, 5) is 14.6. The summed E-state index contributed by atoms with van der Waals surface area (Å²) in [5.74, 6) is -1.01. The first-order chi connectivity index (χ1) is 13.7. The second kappa shape index (κ2) is 8.79. The molecule has 9 heteroatoms. The molecule has 2 aromatic carbocycles. The number of aryl methyl sites for hydroxylation is 1. The van der Waals surface area contributed by atoms with Gasteiger partial charge in [0.2, 0.25) is 15.9 Å². The first-order valence-corrected chi connectivity index (χ1v) is 11.0. The molecule has 156 valence electrons. The van der Waals surface area contributed by atoms with Gasteiger partial charge in [-0.25, -0.2) is 12.8 Å². The molecule has 1 aliphatic rings. The molecule has 1 aliphatic heterocycles. The Kier molecular flexibility index (Phi) is 6.58. The van der Waals surface area contributed by atoms with E-state index in [0.29, 0.717) is 37.4 Å². The summed E-state index contributed by atoms with van der Waals surface area (Å²) >= 11 is 5.73. The second-order valence-electron chi connectivity index (χ2n) is 7.15. The SMILES string of the molecule is Cc1ccc(NC(=O)Cc2ccc(Cl)cc2F)cc1S(=O)(=O)N1CCN(C)CC1. The number of rotatable bonds is 5. The summed E-state index contributed by atoms with van der Waals surface area (Å²) in [6.07, 6.45) is -0.183. The summed E-state index contributed by atoms with van der Waals surface area (Å²) in [5.41, 5.74) is 1.16. The van der Waals surface area contributed by atoms with Crippen molar-refractivity contribution < 1.29 is 17.6 Å². The minimum atomic E-state index is -3.66. The van der Waals surface area contributed by atoms with Crippen LogP contribution in [0.25, 0.3) is 0 Å². The molecule has 0 saturated carbocycles. The van der Waals surface area contributed by atoms with Gasteiger partial charge in [0, 0.05) is 36.9 Å². The lowest BCUT2D eigenvalue weighted by Gasteiger charge is -2.32. The summed E-state index contributed by atoms with van der Waals surface area (Å²) in [6.45, 7) is 3.90. The Labute approximate surface area is 175 Å². The second-order valence-corrected chi connectivity index (χ2v) is 9.49. The minimum Gasteiger partial charge on any atom is -0.326 e. The summed E-state index contributed by atoms with van der Waals surface area (Å²) < 4.78 is 41.5. The Morgan fingerprint density at radius 2 is 1.83 bits per heavy atom. The van der Waals surface area contributed by atoms with Gasteiger partial charge in [-0.15, -0.1) is 0 Å². The predicted octanol–water partition coefficient (Wildman–Crippen LogP) is 2.90. The van der Waals surface area contributed by atoms with Crippen LogP contribution in [0.3, 0.4) is 0 Å². The van der Waals surface area contributed by atoms with E-state index in [-0.39, 0.29) is 21.9 Å². The quantitative estimate of drug-likeness (QED) is 0.777. The van der Waals surface area contributed by atoms with Gasteiger partial charge in [-0.1, -0.05) is 23.7 Å². The van der Waals surface area contributed by atoms with Crippen LogP contribution >= 0.6 is 11.6 Å². The van der Waals surface area contributed by atoms with Crippen LogP contribution in [0, 0.1) is 12.7 Å². The molecule has 0 aromatic heterocycles. The Bertz CT molecular complexity index is 1020. The standard InChI is InChI=1S/C20H23ClFN3O3S/c1-14-3-6-17(23-20(26)11-15-4-5-16(21)12-18(15)22)13-19(14)29(27,28)25-9-7-24(2)8-10-25/h3-6,12-13H,7-11H2,1-2H3,(H,23,26). The molecule has 0 bridgehead atoms. The molecule has 29 heavy (non-hydrogen) atoms. The molecule has 0 spiro atoms. The zero-order valence-corrected chi connectivity index (χ0v) is 17.9. The lowest BCUT2D eigenvalue weighted by Crippen LogP contribution is -2.47. The smallest absolute Gasteiger partial charge is 0.243 e. The van der Waals surface area contributed by atoms with E-state index in [9.17, 15) is 17.6 Å². The van der Waals surface area contributed by atoms with Crippen molar-refractivity contribution in [1.82, 2.24) is 9.21 Å². The summed E-state index contributed by atoms with van der Waals surface area (Å²) in [7, 11) is -1.71. The highest BCUT2D eigenvalue weighted by molar-refractivity contribution is 7.89. The van der Waals surface area contributed by atoms with Crippen molar-refractivity contribution in [3.8, 4) is 0 Å². The van der Waals surface area contributed by atoms with Crippen LogP contribution in [0.4, 0.5) is 10.1 Å². The monoisotopic (exact) mass is 439 g/mol. The van der Waals surface area contributed by atoms with Crippen molar-refractivity contribution >= 4 is 33.2 Å². The van der Waals surface area contributed by atoms with Crippen molar-refractivity contribution in [2.75, 3.05) is 38.5 Å². The lowest BCUT2D eigenvalue weighted by atomic mass is 10.1. The summed E-state index contributed by atoms with van der Waals surface area (Å²) in [6, 6.07) is 8.86. The van der Waals surface area contributed by atoms with Gasteiger partial charge in [-0.3, -0.25) is 4.79 Å². The first-order valence-electron chi connectivity index (χ1n) is 9.20. The number of hydrogen-bond acceptors (Lipinski definition) is 4. The van der Waals surface area contributed by atoms with Crippen LogP contribution in [0.15, 0.2) is 41.3 Å². The van der Waals surface area contributed by atoms with Crippen molar-refractivity contribution in [1.29, 1.82) is 0 Å². The van der Waals surface area contributed by atoms with E-state index in [4.69, 9.17) is 11.6 Å². The number of carbonyl (C=O) groups is 1. The number of hydrogen-bond donors (Lipinski definition) is 1. The number of nitrogens with zero attached hydrogens (tertiary/aromatic N) is 2. The number of carbonyl (C=O) groups excluding carboxylic acids is 1. The van der Waals surface area contributed by atoms with Gasteiger partial charge in [0.05, 0.1) is 11.3 Å². The highest BCUT2D eigenvalue weighted by Gasteiger charge is 2.29. The topological polar surface area (TPSA) is 69.7 Å². The molecule has 0 atom stereocenters. The van der Waals surface area contributed by atoms with Crippen molar-refractivity contribution in [3.63, 3.8) is 0 Å². The third kappa shape index (κ3) is 5.14. The number of amides is 1. The van der Waals surface area contributed by atoms with Crippen molar-refractivity contribution in [2.24, 2.45) is 0 Å². The lowest BCUT2D eigenvalue weighted by molar-refractivity contribution is -0.115. The van der Waals surface area contributed by atoms with Crippen molar-refractivity contribution in [3.05, 3.63) is 58.4 Å². The average Bonchev–Trinajstić information content (AvgIpc) is 2.66. The third-order valence-electron chi connectivity index (χ3n) is 4.92. The van der Waals surface area contributed by atoms with Crippen molar-refractivity contribution in [2.45, 2.75) is 18.2 Å². The maximum absolute atomic E-state index is 13.9. The average molecular weight is 440 g/mol. The van der Waals surface area contributed by atoms with Gasteiger partial charge in [-0.2, -0.15) is 4.31 Å². The van der Waals surface area contributed by atoms with Gasteiger partial charge < -0.3 is 10.2 Å². The predicted molar refractivity (Wildman–Crippen MR) is 111 cm³/mol. The number of sulfonamides is 1. The normalized spacial score (nSPS) is 16.0. The Hall–Kier alpha value is -2.00. The third-order valence-corrected chi connectivity index (χ3v) is 7.19. The van der Waals surface area contributed by atoms with Gasteiger partial charge >= 0.3 is 0 Å². The van der Waals surface area contributed by atoms with Crippen LogP contribution in [0.2, 0.25) is 5.02 Å². The Morgan fingerprint density at radius 1 is 1.14 bits per heavy atom. The van der Waals surface area contributed by atoms with Gasteiger partial charge in [0.15, 0.2) is 0 Å². The van der Waals surface area contributed by atoms with E-state index in [1.807, 2.05) is 7.05 Å². The van der Waals surface area contributed by atoms with Crippen LogP contribution in [0.5, 0.6) is 0 Å². The Morgan fingerprint density at radius 3 is 2.48 bits per heavy atom. The maximum Gasteiger partial charge on any atom is 0.243 e. The molecule has 1 amide bonds. The molecule has 1 N–H and O–H groups in total. The first kappa shape index (κ1) is 21.7. The van der Waals surface area contributed by atoms with Gasteiger partial charge in [0.1, 0.15) is 5.82 Å². The number of halogens is 2. The summed E-state index contributed by atoms with van der Waals surface area (Å²) in [5, 5.41) is 2.91. The fourth-order valence-electron chi connectivity index (χ4n) is 3.17. The van der Waals surface area contributed by atoms with Gasteiger partial charge in [-0.05, 0) is 49.4 Å². The Balaban J connectivity index is 1.77. The zero-order valence-electron chi connectivity index (χ0n) is 16.3. The van der Waals surface area contributed by atoms with E-state index in [0.717, 1.165) is 6.07 Å². The van der Waals surface area contributed by atoms with Gasteiger partial charge in [0.25, 0.3) is 0 Å². The molecule has 3 rings (SSSR count). The molecule has 0 radical (unpaired) electrons. The highest BCUT2D eigenvalue weighted by Crippen LogP contribution is 2.25. The van der Waals surface area contributed by atoms with E-state index >= 15 is 0 Å². The molecule has 0 aliphatic carbocycles. The number of likely N-dealkylation sites (N-methyl/N-ethyl adjacent to an activating group) is 1. The molecule has 1 saturated heterocycles. The van der Waals surface area contributed by atoms with Crippen LogP contribution in [-0.2, 0) is 21.2 Å². The molecule has 2 aromatic rings. The molecular formula is C20H23ClFN3O3S. The van der Waals surface area contributed by atoms with E-state index in [1.165, 1.54) is 22.5 Å². The highest BCUT2D eigenvalue weighted by atomic mass is 35.5. The minimum absolute atomic E-state index is 0.164. The molecule has 1 fully saturated rings. The molecule has 0 unspecified atom stereocenters. The van der Waals surface area contributed by atoms with Crippen LogP contribution in [0.1, 0.15) is 11.1 Å². The number of benzene rings is 2. The van der Waals surface area contributed by atoms with E-state index in [1.54, 1.807) is 19.1 Å². The molecule has 6 nitrogen and oxygen atoms in total. The van der Waals surface area contributed by atoms with E-state index in [2.05, 4.69) is 10.2 Å². The number of nitrogens with one attached hydrogen (secondary N) is 1. The number of anilines is 1.